The van der Waals surface area contributed by atoms with E-state index in [1.165, 1.54) is 16.7 Å². The van der Waals surface area contributed by atoms with Gasteiger partial charge in [-0.15, -0.1) is 11.3 Å². The fourth-order valence-corrected chi connectivity index (χ4v) is 4.97. The number of piperidine rings is 1. The third-order valence-corrected chi connectivity index (χ3v) is 6.36. The molecule has 0 aromatic carbocycles. The Balaban J connectivity index is 1.72. The maximum Gasteiger partial charge on any atom is 0.0967 e. The van der Waals surface area contributed by atoms with Crippen molar-refractivity contribution in [2.24, 2.45) is 0 Å². The summed E-state index contributed by atoms with van der Waals surface area (Å²) in [5.74, 6) is 0.439. The Morgan fingerprint density at radius 1 is 1.57 bits per heavy atom. The Labute approximate surface area is 147 Å². The fraction of sp³-hybridized carbons (Fsp3) is 0.588. The second-order valence-electron chi connectivity index (χ2n) is 6.46. The predicted octanol–water partition coefficient (Wildman–Crippen LogP) is 3.58. The molecule has 0 aliphatic carbocycles. The van der Waals surface area contributed by atoms with Gasteiger partial charge in [0.05, 0.1) is 16.5 Å². The van der Waals surface area contributed by atoms with Gasteiger partial charge in [-0.1, -0.05) is 18.5 Å². The zero-order valence-electron chi connectivity index (χ0n) is 13.7. The summed E-state index contributed by atoms with van der Waals surface area (Å²) < 4.78 is 7.21. The van der Waals surface area contributed by atoms with Crippen LogP contribution in [-0.4, -0.2) is 44.4 Å². The molecule has 1 fully saturated rings. The standard InChI is InChI=1S/C17H24ClN3OS/c1-12-11-22-17(14-7-15(18)23-16(12)14)3-5-21(6-4-17)10-13(8-19)9-20-2/h7-9,12,19-20H,3-6,10-11H2,1-2H3/b13-9+,19-8?. The van der Waals surface area contributed by atoms with Gasteiger partial charge in [-0.25, -0.2) is 0 Å². The lowest BCUT2D eigenvalue weighted by Gasteiger charge is -2.45. The molecule has 0 bridgehead atoms. The highest BCUT2D eigenvalue weighted by atomic mass is 35.5. The lowest BCUT2D eigenvalue weighted by Crippen LogP contribution is -2.47. The Hall–Kier alpha value is -0.880. The zero-order chi connectivity index (χ0) is 16.4. The Kier molecular flexibility index (Phi) is 5.11. The highest BCUT2D eigenvalue weighted by Gasteiger charge is 2.43. The van der Waals surface area contributed by atoms with Gasteiger partial charge in [-0.3, -0.25) is 4.90 Å². The number of nitrogens with zero attached hydrogens (tertiary/aromatic N) is 1. The maximum atomic E-state index is 7.49. The van der Waals surface area contributed by atoms with Gasteiger partial charge in [0.25, 0.3) is 0 Å². The second-order valence-corrected chi connectivity index (χ2v) is 8.18. The Morgan fingerprint density at radius 2 is 2.30 bits per heavy atom. The van der Waals surface area contributed by atoms with E-state index in [4.69, 9.17) is 21.7 Å². The normalized spacial score (nSPS) is 24.5. The molecular formula is C17H24ClN3OS. The van der Waals surface area contributed by atoms with E-state index in [-0.39, 0.29) is 5.60 Å². The van der Waals surface area contributed by atoms with E-state index >= 15 is 0 Å². The van der Waals surface area contributed by atoms with E-state index in [2.05, 4.69) is 23.2 Å². The molecule has 1 unspecified atom stereocenters. The number of nitrogens with one attached hydrogen (secondary N) is 2. The molecule has 1 aromatic heterocycles. The molecule has 3 heterocycles. The fourth-order valence-electron chi connectivity index (χ4n) is 3.60. The van der Waals surface area contributed by atoms with Crippen LogP contribution in [0.1, 0.15) is 36.1 Å². The first kappa shape index (κ1) is 17.0. The minimum atomic E-state index is -0.153. The smallest absolute Gasteiger partial charge is 0.0967 e. The third kappa shape index (κ3) is 3.33. The van der Waals surface area contributed by atoms with Crippen molar-refractivity contribution in [1.82, 2.24) is 10.2 Å². The van der Waals surface area contributed by atoms with Crippen LogP contribution < -0.4 is 5.32 Å². The topological polar surface area (TPSA) is 48.4 Å². The maximum absolute atomic E-state index is 7.49. The number of likely N-dealkylation sites (tertiary alicyclic amines) is 1. The minimum Gasteiger partial charge on any atom is -0.394 e. The van der Waals surface area contributed by atoms with Crippen LogP contribution in [0.25, 0.3) is 0 Å². The molecule has 1 atom stereocenters. The lowest BCUT2D eigenvalue weighted by molar-refractivity contribution is -0.102. The first-order valence-electron chi connectivity index (χ1n) is 8.11. The number of hydrogen-bond acceptors (Lipinski definition) is 5. The first-order chi connectivity index (χ1) is 11.1. The summed E-state index contributed by atoms with van der Waals surface area (Å²) in [6.45, 7) is 5.78. The van der Waals surface area contributed by atoms with Crippen LogP contribution in [0, 0.1) is 5.41 Å². The van der Waals surface area contributed by atoms with Gasteiger partial charge in [0.2, 0.25) is 0 Å². The third-order valence-electron chi connectivity index (χ3n) is 4.86. The highest BCUT2D eigenvalue weighted by molar-refractivity contribution is 7.16. The molecular weight excluding hydrogens is 330 g/mol. The van der Waals surface area contributed by atoms with Gasteiger partial charge < -0.3 is 15.5 Å². The largest absolute Gasteiger partial charge is 0.394 e. The van der Waals surface area contributed by atoms with E-state index in [0.717, 1.165) is 49.0 Å². The zero-order valence-corrected chi connectivity index (χ0v) is 15.3. The summed E-state index contributed by atoms with van der Waals surface area (Å²) >= 11 is 8.00. The van der Waals surface area contributed by atoms with E-state index in [1.807, 2.05) is 13.2 Å². The van der Waals surface area contributed by atoms with E-state index < -0.39 is 0 Å². The molecule has 126 valence electrons. The summed E-state index contributed by atoms with van der Waals surface area (Å²) in [6.07, 6.45) is 5.30. The Morgan fingerprint density at radius 3 is 2.96 bits per heavy atom. The van der Waals surface area contributed by atoms with Crippen molar-refractivity contribution < 1.29 is 4.74 Å². The van der Waals surface area contributed by atoms with Crippen molar-refractivity contribution in [3.05, 3.63) is 32.6 Å². The summed E-state index contributed by atoms with van der Waals surface area (Å²) in [4.78, 5) is 3.80. The molecule has 3 rings (SSSR count). The predicted molar refractivity (Wildman–Crippen MR) is 97.0 cm³/mol. The average Bonchev–Trinajstić information content (AvgIpc) is 2.96. The molecule has 1 aromatic rings. The molecule has 23 heavy (non-hydrogen) atoms. The molecule has 1 spiro atoms. The van der Waals surface area contributed by atoms with Crippen LogP contribution in [0.5, 0.6) is 0 Å². The number of fused-ring (bicyclic) bond motifs is 2. The number of hydrogen-bond donors (Lipinski definition) is 2. The lowest BCUT2D eigenvalue weighted by atomic mass is 9.80. The van der Waals surface area contributed by atoms with Gasteiger partial charge >= 0.3 is 0 Å². The van der Waals surface area contributed by atoms with Crippen LogP contribution >= 0.6 is 22.9 Å². The van der Waals surface area contributed by atoms with Crippen molar-refractivity contribution in [3.8, 4) is 0 Å². The monoisotopic (exact) mass is 353 g/mol. The van der Waals surface area contributed by atoms with Crippen LogP contribution in [0.15, 0.2) is 17.8 Å². The van der Waals surface area contributed by atoms with Gasteiger partial charge in [-0.2, -0.15) is 0 Å². The number of rotatable bonds is 4. The number of halogens is 1. The summed E-state index contributed by atoms with van der Waals surface area (Å²) in [7, 11) is 1.87. The van der Waals surface area contributed by atoms with Crippen LogP contribution in [0.4, 0.5) is 0 Å². The SMILES string of the molecule is CN/C=C(\C=N)CN1CCC2(CC1)OCC(C)c1sc(Cl)cc12. The van der Waals surface area contributed by atoms with Crippen LogP contribution in [0.2, 0.25) is 4.34 Å². The summed E-state index contributed by atoms with van der Waals surface area (Å²) in [5.41, 5.74) is 2.17. The second kappa shape index (κ2) is 6.93. The van der Waals surface area contributed by atoms with E-state index in [1.54, 1.807) is 11.3 Å². The van der Waals surface area contributed by atoms with Crippen molar-refractivity contribution in [2.45, 2.75) is 31.3 Å². The van der Waals surface area contributed by atoms with E-state index in [9.17, 15) is 0 Å². The Bertz CT molecular complexity index is 605. The van der Waals surface area contributed by atoms with Crippen molar-refractivity contribution in [2.75, 3.05) is 33.3 Å². The van der Waals surface area contributed by atoms with Gasteiger partial charge in [0.1, 0.15) is 0 Å². The summed E-state index contributed by atoms with van der Waals surface area (Å²) in [5, 5.41) is 10.5. The minimum absolute atomic E-state index is 0.153. The highest BCUT2D eigenvalue weighted by Crippen LogP contribution is 2.48. The van der Waals surface area contributed by atoms with Gasteiger partial charge in [-0.05, 0) is 30.0 Å². The quantitative estimate of drug-likeness (QED) is 0.813. The van der Waals surface area contributed by atoms with Gasteiger partial charge in [0, 0.05) is 49.9 Å². The van der Waals surface area contributed by atoms with E-state index in [0.29, 0.717) is 5.92 Å². The van der Waals surface area contributed by atoms with Crippen molar-refractivity contribution in [1.29, 1.82) is 5.41 Å². The summed E-state index contributed by atoms with van der Waals surface area (Å²) in [6, 6.07) is 2.12. The average molecular weight is 354 g/mol. The molecule has 0 saturated carbocycles. The molecule has 2 aliphatic heterocycles. The number of ether oxygens (including phenoxy) is 1. The molecule has 4 nitrogen and oxygen atoms in total. The molecule has 0 radical (unpaired) electrons. The molecule has 2 N–H and O–H groups in total. The molecule has 0 amide bonds. The molecule has 1 saturated heterocycles. The number of thiophene rings is 1. The van der Waals surface area contributed by atoms with Crippen LogP contribution in [-0.2, 0) is 10.3 Å². The van der Waals surface area contributed by atoms with Gasteiger partial charge in [0.15, 0.2) is 0 Å². The molecule has 2 aliphatic rings. The van der Waals surface area contributed by atoms with Crippen molar-refractivity contribution in [3.63, 3.8) is 0 Å². The van der Waals surface area contributed by atoms with Crippen LogP contribution in [0.3, 0.4) is 0 Å². The van der Waals surface area contributed by atoms with Crippen molar-refractivity contribution >= 4 is 29.2 Å². The first-order valence-corrected chi connectivity index (χ1v) is 9.30. The molecule has 6 heteroatoms.